The van der Waals surface area contributed by atoms with Gasteiger partial charge in [0.25, 0.3) is 5.91 Å². The van der Waals surface area contributed by atoms with Gasteiger partial charge in [0.05, 0.1) is 11.0 Å². The van der Waals surface area contributed by atoms with Crippen molar-refractivity contribution in [2.24, 2.45) is 5.73 Å². The van der Waals surface area contributed by atoms with Gasteiger partial charge in [0, 0.05) is 10.0 Å². The van der Waals surface area contributed by atoms with Gasteiger partial charge >= 0.3 is 0 Å². The maximum Gasteiger partial charge on any atom is 0.251 e. The monoisotopic (exact) mass is 314 g/mol. The zero-order valence-electron chi connectivity index (χ0n) is 9.79. The first-order valence-corrected chi connectivity index (χ1v) is 6.52. The van der Waals surface area contributed by atoms with Crippen LogP contribution < -0.4 is 11.1 Å². The van der Waals surface area contributed by atoms with E-state index in [9.17, 15) is 4.79 Å². The van der Waals surface area contributed by atoms with E-state index in [-0.39, 0.29) is 11.9 Å². The second-order valence-corrected chi connectivity index (χ2v) is 5.13. The fraction of sp³-hybridized carbons (Fsp3) is 0.333. The lowest BCUT2D eigenvalue weighted by molar-refractivity contribution is 0.0946. The third kappa shape index (κ3) is 3.78. The summed E-state index contributed by atoms with van der Waals surface area (Å²) in [6.45, 7) is 3.89. The van der Waals surface area contributed by atoms with Crippen LogP contribution in [0, 0.1) is 6.92 Å². The van der Waals surface area contributed by atoms with Crippen molar-refractivity contribution in [1.29, 1.82) is 0 Å². The highest BCUT2D eigenvalue weighted by atomic mass is 79.9. The predicted molar refractivity (Wildman–Crippen MR) is 77.2 cm³/mol. The Balaban J connectivity index is 2.82. The van der Waals surface area contributed by atoms with Crippen molar-refractivity contribution >= 4 is 39.0 Å². The highest BCUT2D eigenvalue weighted by Gasteiger charge is 2.14. The van der Waals surface area contributed by atoms with Gasteiger partial charge in [-0.1, -0.05) is 41.1 Å². The van der Waals surface area contributed by atoms with Gasteiger partial charge in [-0.2, -0.15) is 0 Å². The van der Waals surface area contributed by atoms with Crippen molar-refractivity contribution in [3.8, 4) is 0 Å². The minimum atomic E-state index is -0.252. The molecule has 92 valence electrons. The quantitative estimate of drug-likeness (QED) is 0.840. The Bertz CT molecular complexity index is 448. The Morgan fingerprint density at radius 2 is 2.24 bits per heavy atom. The smallest absolute Gasteiger partial charge is 0.251 e. The number of hydrogen-bond donors (Lipinski definition) is 2. The summed E-state index contributed by atoms with van der Waals surface area (Å²) in [5.74, 6) is -0.162. The van der Waals surface area contributed by atoms with Gasteiger partial charge in [0.1, 0.15) is 0 Å². The first-order valence-electron chi connectivity index (χ1n) is 5.32. The number of benzene rings is 1. The number of carbonyl (C=O) groups is 1. The average molecular weight is 315 g/mol. The number of halogens is 1. The molecule has 17 heavy (non-hydrogen) atoms. The molecule has 0 radical (unpaired) electrons. The molecule has 3 N–H and O–H groups in total. The van der Waals surface area contributed by atoms with Gasteiger partial charge in [-0.15, -0.1) is 0 Å². The van der Waals surface area contributed by atoms with Gasteiger partial charge < -0.3 is 11.1 Å². The molecule has 0 saturated heterocycles. The highest BCUT2D eigenvalue weighted by molar-refractivity contribution is 9.10. The second-order valence-electron chi connectivity index (χ2n) is 3.80. The van der Waals surface area contributed by atoms with E-state index < -0.39 is 0 Å². The van der Waals surface area contributed by atoms with Crippen LogP contribution in [0.2, 0.25) is 0 Å². The Morgan fingerprint density at radius 3 is 2.71 bits per heavy atom. The van der Waals surface area contributed by atoms with Crippen LogP contribution in [-0.2, 0) is 0 Å². The summed E-state index contributed by atoms with van der Waals surface area (Å²) in [5, 5.41) is 2.80. The molecule has 1 aromatic rings. The van der Waals surface area contributed by atoms with E-state index >= 15 is 0 Å². The normalized spacial score (nSPS) is 11.9. The Labute approximate surface area is 115 Å². The Hall–Kier alpha value is -0.940. The van der Waals surface area contributed by atoms with Crippen molar-refractivity contribution in [1.82, 2.24) is 5.32 Å². The summed E-state index contributed by atoms with van der Waals surface area (Å²) in [6, 6.07) is 5.21. The van der Waals surface area contributed by atoms with Crippen LogP contribution in [0.5, 0.6) is 0 Å². The maximum atomic E-state index is 11.9. The third-order valence-corrected chi connectivity index (χ3v) is 3.63. The molecule has 1 unspecified atom stereocenters. The van der Waals surface area contributed by atoms with E-state index in [1.165, 1.54) is 0 Å². The summed E-state index contributed by atoms with van der Waals surface area (Å²) in [6.07, 6.45) is 0.689. The molecular weight excluding hydrogens is 300 g/mol. The molecule has 0 spiro atoms. The fourth-order valence-electron chi connectivity index (χ4n) is 1.35. The molecule has 1 rings (SSSR count). The molecule has 0 fully saturated rings. The van der Waals surface area contributed by atoms with Crippen molar-refractivity contribution < 1.29 is 4.79 Å². The van der Waals surface area contributed by atoms with Crippen LogP contribution in [0.1, 0.15) is 29.3 Å². The van der Waals surface area contributed by atoms with E-state index in [2.05, 4.69) is 21.2 Å². The molecule has 0 saturated carbocycles. The van der Waals surface area contributed by atoms with E-state index in [0.717, 1.165) is 10.0 Å². The summed E-state index contributed by atoms with van der Waals surface area (Å²) in [4.78, 5) is 12.2. The molecule has 0 aliphatic carbocycles. The highest BCUT2D eigenvalue weighted by Crippen LogP contribution is 2.17. The number of nitrogens with two attached hydrogens (primary N) is 1. The van der Waals surface area contributed by atoms with E-state index in [1.54, 1.807) is 12.1 Å². The lowest BCUT2D eigenvalue weighted by Gasteiger charge is -2.15. The SMILES string of the molecule is CCC(NC(=O)c1ccc(C)c(Br)c1)C(N)=S. The minimum absolute atomic E-state index is 0.162. The fourth-order valence-corrected chi connectivity index (χ4v) is 1.95. The number of rotatable bonds is 4. The molecule has 1 amide bonds. The predicted octanol–water partition coefficient (Wildman–Crippen LogP) is 2.55. The first kappa shape index (κ1) is 14.1. The summed E-state index contributed by atoms with van der Waals surface area (Å²) < 4.78 is 0.911. The molecular formula is C12H15BrN2OS. The zero-order chi connectivity index (χ0) is 13.0. The second kappa shape index (κ2) is 6.12. The van der Waals surface area contributed by atoms with Crippen molar-refractivity contribution in [3.05, 3.63) is 33.8 Å². The third-order valence-electron chi connectivity index (χ3n) is 2.49. The van der Waals surface area contributed by atoms with Gasteiger partial charge in [-0.05, 0) is 31.0 Å². The first-order chi connectivity index (χ1) is 7.95. The van der Waals surface area contributed by atoms with E-state index in [0.29, 0.717) is 17.0 Å². The number of nitrogens with one attached hydrogen (secondary N) is 1. The molecule has 5 heteroatoms. The van der Waals surface area contributed by atoms with Crippen LogP contribution in [-0.4, -0.2) is 16.9 Å². The number of carbonyl (C=O) groups excluding carboxylic acids is 1. The van der Waals surface area contributed by atoms with Crippen LogP contribution >= 0.6 is 28.1 Å². The lowest BCUT2D eigenvalue weighted by Crippen LogP contribution is -2.43. The van der Waals surface area contributed by atoms with Gasteiger partial charge in [-0.25, -0.2) is 0 Å². The number of amides is 1. The molecule has 3 nitrogen and oxygen atoms in total. The lowest BCUT2D eigenvalue weighted by atomic mass is 10.1. The molecule has 1 atom stereocenters. The minimum Gasteiger partial charge on any atom is -0.392 e. The largest absolute Gasteiger partial charge is 0.392 e. The average Bonchev–Trinajstić information content (AvgIpc) is 2.28. The zero-order valence-corrected chi connectivity index (χ0v) is 12.2. The Morgan fingerprint density at radius 1 is 1.59 bits per heavy atom. The number of thiocarbonyl (C=S) groups is 1. The van der Waals surface area contributed by atoms with E-state index in [1.807, 2.05) is 19.9 Å². The van der Waals surface area contributed by atoms with Crippen molar-refractivity contribution in [3.63, 3.8) is 0 Å². The molecule has 0 aromatic heterocycles. The van der Waals surface area contributed by atoms with Crippen molar-refractivity contribution in [2.75, 3.05) is 0 Å². The standard InChI is InChI=1S/C12H15BrN2OS/c1-3-10(11(14)17)15-12(16)8-5-4-7(2)9(13)6-8/h4-6,10H,3H2,1-2H3,(H2,14,17)(H,15,16). The molecule has 0 aliphatic rings. The van der Waals surface area contributed by atoms with Crippen LogP contribution in [0.15, 0.2) is 22.7 Å². The molecule has 0 bridgehead atoms. The summed E-state index contributed by atoms with van der Waals surface area (Å²) >= 11 is 8.28. The van der Waals surface area contributed by atoms with Gasteiger partial charge in [0.15, 0.2) is 0 Å². The maximum absolute atomic E-state index is 11.9. The molecule has 0 heterocycles. The Kier molecular flexibility index (Phi) is 5.08. The number of aryl methyl sites for hydroxylation is 1. The van der Waals surface area contributed by atoms with Crippen LogP contribution in [0.25, 0.3) is 0 Å². The van der Waals surface area contributed by atoms with Gasteiger partial charge in [0.2, 0.25) is 0 Å². The molecule has 0 aliphatic heterocycles. The summed E-state index contributed by atoms with van der Waals surface area (Å²) in [7, 11) is 0. The van der Waals surface area contributed by atoms with Crippen molar-refractivity contribution in [2.45, 2.75) is 26.3 Å². The number of hydrogen-bond acceptors (Lipinski definition) is 2. The topological polar surface area (TPSA) is 55.1 Å². The van der Waals surface area contributed by atoms with Crippen LogP contribution in [0.3, 0.4) is 0 Å². The van der Waals surface area contributed by atoms with E-state index in [4.69, 9.17) is 18.0 Å². The van der Waals surface area contributed by atoms with Gasteiger partial charge in [-0.3, -0.25) is 4.79 Å². The summed E-state index contributed by atoms with van der Waals surface area (Å²) in [5.41, 5.74) is 7.22. The molecule has 1 aromatic carbocycles. The van der Waals surface area contributed by atoms with Crippen LogP contribution in [0.4, 0.5) is 0 Å².